The third-order valence-corrected chi connectivity index (χ3v) is 1.84. The van der Waals surface area contributed by atoms with Crippen molar-refractivity contribution in [3.05, 3.63) is 29.6 Å². The van der Waals surface area contributed by atoms with E-state index in [2.05, 4.69) is 9.17 Å². The molecule has 0 fully saturated rings. The molecule has 1 aromatic rings. The Labute approximate surface area is 79.7 Å². The van der Waals surface area contributed by atoms with E-state index < -0.39 is 28.4 Å². The summed E-state index contributed by atoms with van der Waals surface area (Å²) in [5.74, 6) is -1.76. The molecular formula is C7H7F2NO3S. The molecule has 1 aromatic heterocycles. The minimum atomic E-state index is -3.65. The molecular weight excluding hydrogens is 216 g/mol. The standard InChI is InChI=1S/C7H7F2NO3S/c1-14(11,12)13-4-7-6(9)2-5(8)3-10-7/h2-3H,4H2,1H3. The van der Waals surface area contributed by atoms with E-state index in [1.54, 1.807) is 0 Å². The predicted octanol–water partition coefficient (Wildman–Crippen LogP) is 0.836. The van der Waals surface area contributed by atoms with E-state index in [0.717, 1.165) is 12.5 Å². The maximum atomic E-state index is 12.8. The average molecular weight is 223 g/mol. The molecule has 1 heterocycles. The van der Waals surface area contributed by atoms with Crippen molar-refractivity contribution >= 4 is 10.1 Å². The van der Waals surface area contributed by atoms with Crippen LogP contribution in [0.25, 0.3) is 0 Å². The largest absolute Gasteiger partial charge is 0.264 e. The van der Waals surface area contributed by atoms with Gasteiger partial charge in [0.2, 0.25) is 0 Å². The topological polar surface area (TPSA) is 56.3 Å². The van der Waals surface area contributed by atoms with Crippen molar-refractivity contribution in [2.24, 2.45) is 0 Å². The molecule has 0 radical (unpaired) electrons. The molecule has 0 aliphatic heterocycles. The van der Waals surface area contributed by atoms with E-state index in [4.69, 9.17) is 0 Å². The summed E-state index contributed by atoms with van der Waals surface area (Å²) in [6, 6.07) is 0.605. The first-order valence-corrected chi connectivity index (χ1v) is 5.34. The lowest BCUT2D eigenvalue weighted by Gasteiger charge is -2.01. The van der Waals surface area contributed by atoms with Crippen LogP contribution >= 0.6 is 0 Å². The third-order valence-electron chi connectivity index (χ3n) is 1.29. The van der Waals surface area contributed by atoms with E-state index in [1.165, 1.54) is 0 Å². The SMILES string of the molecule is CS(=O)(=O)OCc1ncc(F)cc1F. The Morgan fingerprint density at radius 1 is 1.50 bits per heavy atom. The Kier molecular flexibility index (Phi) is 3.12. The Balaban J connectivity index is 2.78. The van der Waals surface area contributed by atoms with Gasteiger partial charge in [0.05, 0.1) is 12.5 Å². The maximum absolute atomic E-state index is 12.8. The highest BCUT2D eigenvalue weighted by Crippen LogP contribution is 2.08. The molecule has 0 aromatic carbocycles. The van der Waals surface area contributed by atoms with Gasteiger partial charge in [0.25, 0.3) is 10.1 Å². The highest BCUT2D eigenvalue weighted by atomic mass is 32.2. The van der Waals surface area contributed by atoms with Crippen LogP contribution in [0, 0.1) is 11.6 Å². The smallest absolute Gasteiger partial charge is 0.264 e. The average Bonchev–Trinajstić information content (AvgIpc) is 2.00. The Morgan fingerprint density at radius 3 is 2.64 bits per heavy atom. The third kappa shape index (κ3) is 3.35. The molecule has 1 rings (SSSR count). The van der Waals surface area contributed by atoms with Gasteiger partial charge >= 0.3 is 0 Å². The van der Waals surface area contributed by atoms with Crippen LogP contribution in [-0.4, -0.2) is 19.7 Å². The molecule has 0 spiro atoms. The highest BCUT2D eigenvalue weighted by Gasteiger charge is 2.09. The predicted molar refractivity (Wildman–Crippen MR) is 43.8 cm³/mol. The van der Waals surface area contributed by atoms with Crippen LogP contribution in [0.2, 0.25) is 0 Å². The van der Waals surface area contributed by atoms with Gasteiger partial charge in [-0.05, 0) is 0 Å². The van der Waals surface area contributed by atoms with E-state index in [0.29, 0.717) is 6.07 Å². The fourth-order valence-electron chi connectivity index (χ4n) is 0.712. The van der Waals surface area contributed by atoms with Crippen molar-refractivity contribution < 1.29 is 21.4 Å². The van der Waals surface area contributed by atoms with Crippen LogP contribution in [0.3, 0.4) is 0 Å². The van der Waals surface area contributed by atoms with Gasteiger partial charge < -0.3 is 0 Å². The van der Waals surface area contributed by atoms with Crippen molar-refractivity contribution in [1.82, 2.24) is 4.98 Å². The molecule has 0 aliphatic rings. The first-order chi connectivity index (χ1) is 6.38. The number of hydrogen-bond donors (Lipinski definition) is 0. The maximum Gasteiger partial charge on any atom is 0.264 e. The molecule has 0 saturated carbocycles. The lowest BCUT2D eigenvalue weighted by molar-refractivity contribution is 0.300. The normalized spacial score (nSPS) is 11.6. The number of aromatic nitrogens is 1. The van der Waals surface area contributed by atoms with Gasteiger partial charge in [0.15, 0.2) is 0 Å². The molecule has 0 unspecified atom stereocenters. The van der Waals surface area contributed by atoms with Crippen molar-refractivity contribution in [1.29, 1.82) is 0 Å². The molecule has 0 saturated heterocycles. The van der Waals surface area contributed by atoms with Crippen LogP contribution in [-0.2, 0) is 20.9 Å². The fourth-order valence-corrected chi connectivity index (χ4v) is 1.04. The van der Waals surface area contributed by atoms with Crippen LogP contribution < -0.4 is 0 Å². The zero-order valence-corrected chi connectivity index (χ0v) is 8.01. The van der Waals surface area contributed by atoms with Gasteiger partial charge in [-0.1, -0.05) is 0 Å². The molecule has 14 heavy (non-hydrogen) atoms. The van der Waals surface area contributed by atoms with Crippen molar-refractivity contribution in [3.63, 3.8) is 0 Å². The molecule has 0 N–H and O–H groups in total. The minimum absolute atomic E-state index is 0.253. The summed E-state index contributed by atoms with van der Waals surface area (Å²) in [6.07, 6.45) is 1.61. The van der Waals surface area contributed by atoms with E-state index in [1.807, 2.05) is 0 Å². The number of hydrogen-bond acceptors (Lipinski definition) is 4. The molecule has 0 atom stereocenters. The molecule has 7 heteroatoms. The fraction of sp³-hybridized carbons (Fsp3) is 0.286. The molecule has 78 valence electrons. The van der Waals surface area contributed by atoms with Crippen molar-refractivity contribution in [3.8, 4) is 0 Å². The monoisotopic (exact) mass is 223 g/mol. The molecule has 0 aliphatic carbocycles. The molecule has 0 bridgehead atoms. The summed E-state index contributed by atoms with van der Waals surface area (Å²) in [5.41, 5.74) is -0.253. The van der Waals surface area contributed by atoms with Gasteiger partial charge in [-0.3, -0.25) is 9.17 Å². The van der Waals surface area contributed by atoms with Gasteiger partial charge in [0.1, 0.15) is 23.9 Å². The van der Waals surface area contributed by atoms with Gasteiger partial charge in [0, 0.05) is 6.07 Å². The minimum Gasteiger partial charge on any atom is -0.264 e. The van der Waals surface area contributed by atoms with E-state index in [-0.39, 0.29) is 5.69 Å². The Bertz CT molecular complexity index is 433. The molecule has 4 nitrogen and oxygen atoms in total. The number of pyridine rings is 1. The Hall–Kier alpha value is -1.08. The van der Waals surface area contributed by atoms with Crippen LogP contribution in [0.1, 0.15) is 5.69 Å². The van der Waals surface area contributed by atoms with E-state index >= 15 is 0 Å². The Morgan fingerprint density at radius 2 is 2.14 bits per heavy atom. The van der Waals surface area contributed by atoms with Gasteiger partial charge in [-0.25, -0.2) is 8.78 Å². The zero-order valence-electron chi connectivity index (χ0n) is 7.20. The summed E-state index contributed by atoms with van der Waals surface area (Å²) in [4.78, 5) is 3.34. The quantitative estimate of drug-likeness (QED) is 0.712. The van der Waals surface area contributed by atoms with Gasteiger partial charge in [-0.15, -0.1) is 0 Å². The summed E-state index contributed by atoms with van der Waals surface area (Å²) in [5, 5.41) is 0. The molecule has 0 amide bonds. The van der Waals surface area contributed by atoms with Crippen molar-refractivity contribution in [2.45, 2.75) is 6.61 Å². The second kappa shape index (κ2) is 3.97. The van der Waals surface area contributed by atoms with Crippen molar-refractivity contribution in [2.75, 3.05) is 6.26 Å². The van der Waals surface area contributed by atoms with Crippen LogP contribution in [0.4, 0.5) is 8.78 Å². The summed E-state index contributed by atoms with van der Waals surface area (Å²) in [7, 11) is -3.65. The summed E-state index contributed by atoms with van der Waals surface area (Å²) < 4.78 is 50.6. The first kappa shape index (κ1) is 11.0. The number of rotatable bonds is 3. The van der Waals surface area contributed by atoms with Crippen LogP contribution in [0.5, 0.6) is 0 Å². The number of halogens is 2. The van der Waals surface area contributed by atoms with Gasteiger partial charge in [-0.2, -0.15) is 8.42 Å². The lowest BCUT2D eigenvalue weighted by Crippen LogP contribution is -2.05. The lowest BCUT2D eigenvalue weighted by atomic mass is 10.3. The zero-order chi connectivity index (χ0) is 10.8. The second-order valence-electron chi connectivity index (χ2n) is 2.55. The summed E-state index contributed by atoms with van der Waals surface area (Å²) in [6.45, 7) is -0.537. The van der Waals surface area contributed by atoms with E-state index in [9.17, 15) is 17.2 Å². The second-order valence-corrected chi connectivity index (χ2v) is 4.19. The summed E-state index contributed by atoms with van der Waals surface area (Å²) >= 11 is 0. The highest BCUT2D eigenvalue weighted by molar-refractivity contribution is 7.85. The number of nitrogens with zero attached hydrogens (tertiary/aromatic N) is 1. The van der Waals surface area contributed by atoms with Crippen LogP contribution in [0.15, 0.2) is 12.3 Å². The first-order valence-electron chi connectivity index (χ1n) is 3.53.